The Morgan fingerprint density at radius 1 is 1.26 bits per heavy atom. The van der Waals surface area contributed by atoms with Crippen molar-refractivity contribution in [3.8, 4) is 5.88 Å². The van der Waals surface area contributed by atoms with E-state index < -0.39 is 0 Å². The predicted octanol–water partition coefficient (Wildman–Crippen LogP) is 2.42. The molecule has 2 aromatic rings. The summed E-state index contributed by atoms with van der Waals surface area (Å²) in [6.07, 6.45) is 0. The fourth-order valence-electron chi connectivity index (χ4n) is 2.04. The van der Waals surface area contributed by atoms with Gasteiger partial charge in [0.05, 0.1) is 11.3 Å². The molecule has 0 radical (unpaired) electrons. The number of aryl methyl sites for hydroxylation is 2. The molecule has 0 atom stereocenters. The molecular weight excluding hydrogens is 238 g/mol. The van der Waals surface area contributed by atoms with Crippen LogP contribution in [0.5, 0.6) is 5.88 Å². The molecule has 0 saturated carbocycles. The number of rotatable bonds is 6. The van der Waals surface area contributed by atoms with Gasteiger partial charge in [-0.25, -0.2) is 4.68 Å². The van der Waals surface area contributed by atoms with Gasteiger partial charge in [0.2, 0.25) is 5.88 Å². The van der Waals surface area contributed by atoms with E-state index in [9.17, 15) is 0 Å². The normalized spacial score (nSPS) is 10.7. The smallest absolute Gasteiger partial charge is 0.216 e. The Bertz CT molecular complexity index is 520. The molecule has 1 heterocycles. The van der Waals surface area contributed by atoms with Crippen LogP contribution in [0, 0.1) is 6.92 Å². The van der Waals surface area contributed by atoms with Gasteiger partial charge >= 0.3 is 0 Å². The maximum atomic E-state index is 5.93. The number of aromatic nitrogens is 2. The first kappa shape index (κ1) is 13.6. The Kier molecular flexibility index (Phi) is 4.58. The van der Waals surface area contributed by atoms with Gasteiger partial charge in [-0.05, 0) is 19.0 Å². The van der Waals surface area contributed by atoms with Crippen LogP contribution in [0.15, 0.2) is 30.3 Å². The van der Waals surface area contributed by atoms with E-state index in [1.54, 1.807) is 0 Å². The maximum Gasteiger partial charge on any atom is 0.216 e. The maximum absolute atomic E-state index is 5.93. The van der Waals surface area contributed by atoms with Crippen LogP contribution in [-0.2, 0) is 20.2 Å². The predicted molar refractivity (Wildman–Crippen MR) is 76.1 cm³/mol. The van der Waals surface area contributed by atoms with Crippen molar-refractivity contribution in [2.45, 2.75) is 27.0 Å². The summed E-state index contributed by atoms with van der Waals surface area (Å²) in [7, 11) is 1.92. The quantitative estimate of drug-likeness (QED) is 0.866. The summed E-state index contributed by atoms with van der Waals surface area (Å²) in [4.78, 5) is 0. The average Bonchev–Trinajstić information content (AvgIpc) is 2.69. The van der Waals surface area contributed by atoms with Crippen LogP contribution in [0.2, 0.25) is 0 Å². The first-order valence-corrected chi connectivity index (χ1v) is 6.62. The van der Waals surface area contributed by atoms with Crippen LogP contribution in [0.25, 0.3) is 0 Å². The van der Waals surface area contributed by atoms with Gasteiger partial charge in [0, 0.05) is 13.6 Å². The van der Waals surface area contributed by atoms with E-state index in [0.29, 0.717) is 6.61 Å². The molecule has 0 bridgehead atoms. The molecule has 0 saturated heterocycles. The van der Waals surface area contributed by atoms with Crippen LogP contribution in [0.3, 0.4) is 0 Å². The van der Waals surface area contributed by atoms with E-state index in [2.05, 4.69) is 29.5 Å². The molecule has 0 spiro atoms. The van der Waals surface area contributed by atoms with Crippen LogP contribution in [0.4, 0.5) is 0 Å². The monoisotopic (exact) mass is 259 g/mol. The first-order chi connectivity index (χ1) is 9.22. The molecule has 1 aromatic heterocycles. The van der Waals surface area contributed by atoms with Crippen molar-refractivity contribution in [1.29, 1.82) is 0 Å². The second kappa shape index (κ2) is 6.38. The number of hydrogen-bond donors (Lipinski definition) is 1. The number of hydrogen-bond acceptors (Lipinski definition) is 3. The lowest BCUT2D eigenvalue weighted by Gasteiger charge is -2.09. The number of nitrogens with zero attached hydrogens (tertiary/aromatic N) is 2. The van der Waals surface area contributed by atoms with Gasteiger partial charge in [-0.2, -0.15) is 5.10 Å². The average molecular weight is 259 g/mol. The standard InChI is InChI=1S/C15H21N3O/c1-4-16-10-14-12(2)17-18(3)15(14)19-11-13-8-6-5-7-9-13/h5-9,16H,4,10-11H2,1-3H3. The van der Waals surface area contributed by atoms with Crippen molar-refractivity contribution in [2.24, 2.45) is 7.05 Å². The summed E-state index contributed by atoms with van der Waals surface area (Å²) in [6.45, 7) is 6.41. The molecule has 19 heavy (non-hydrogen) atoms. The second-order valence-electron chi connectivity index (χ2n) is 4.55. The molecule has 4 heteroatoms. The molecule has 0 unspecified atom stereocenters. The number of ether oxygens (including phenoxy) is 1. The largest absolute Gasteiger partial charge is 0.473 e. The van der Waals surface area contributed by atoms with Gasteiger partial charge in [0.25, 0.3) is 0 Å². The third-order valence-electron chi connectivity index (χ3n) is 3.06. The Balaban J connectivity index is 2.10. The van der Waals surface area contributed by atoms with Crippen molar-refractivity contribution < 1.29 is 4.74 Å². The van der Waals surface area contributed by atoms with Crippen molar-refractivity contribution in [1.82, 2.24) is 15.1 Å². The zero-order chi connectivity index (χ0) is 13.7. The molecule has 102 valence electrons. The Labute approximate surface area is 114 Å². The van der Waals surface area contributed by atoms with Crippen LogP contribution >= 0.6 is 0 Å². The molecule has 4 nitrogen and oxygen atoms in total. The molecule has 0 fully saturated rings. The minimum atomic E-state index is 0.568. The lowest BCUT2D eigenvalue weighted by atomic mass is 10.2. The van der Waals surface area contributed by atoms with E-state index in [1.165, 1.54) is 0 Å². The highest BCUT2D eigenvalue weighted by molar-refractivity contribution is 5.31. The minimum absolute atomic E-state index is 0.568. The Morgan fingerprint density at radius 3 is 2.68 bits per heavy atom. The third kappa shape index (κ3) is 3.35. The number of benzene rings is 1. The van der Waals surface area contributed by atoms with E-state index in [-0.39, 0.29) is 0 Å². The highest BCUT2D eigenvalue weighted by Crippen LogP contribution is 2.22. The molecule has 0 amide bonds. The zero-order valence-electron chi connectivity index (χ0n) is 11.8. The van der Waals surface area contributed by atoms with E-state index >= 15 is 0 Å². The summed E-state index contributed by atoms with van der Waals surface area (Å²) in [5, 5.41) is 7.75. The molecule has 1 N–H and O–H groups in total. The van der Waals surface area contributed by atoms with Gasteiger partial charge in [-0.15, -0.1) is 0 Å². The fraction of sp³-hybridized carbons (Fsp3) is 0.400. The minimum Gasteiger partial charge on any atom is -0.473 e. The van der Waals surface area contributed by atoms with Crippen LogP contribution < -0.4 is 10.1 Å². The van der Waals surface area contributed by atoms with Gasteiger partial charge < -0.3 is 10.1 Å². The summed E-state index contributed by atoms with van der Waals surface area (Å²) < 4.78 is 7.74. The summed E-state index contributed by atoms with van der Waals surface area (Å²) in [5.74, 6) is 0.849. The van der Waals surface area contributed by atoms with Crippen molar-refractivity contribution in [3.63, 3.8) is 0 Å². The van der Waals surface area contributed by atoms with E-state index in [0.717, 1.165) is 35.8 Å². The molecule has 0 aliphatic carbocycles. The Hall–Kier alpha value is -1.81. The van der Waals surface area contributed by atoms with Gasteiger partial charge in [-0.1, -0.05) is 37.3 Å². The summed E-state index contributed by atoms with van der Waals surface area (Å²) >= 11 is 0. The highest BCUT2D eigenvalue weighted by Gasteiger charge is 2.14. The fourth-order valence-corrected chi connectivity index (χ4v) is 2.04. The van der Waals surface area contributed by atoms with Gasteiger partial charge in [0.15, 0.2) is 0 Å². The number of nitrogens with one attached hydrogen (secondary N) is 1. The van der Waals surface area contributed by atoms with Gasteiger partial charge in [-0.3, -0.25) is 0 Å². The third-order valence-corrected chi connectivity index (χ3v) is 3.06. The zero-order valence-corrected chi connectivity index (χ0v) is 11.8. The van der Waals surface area contributed by atoms with E-state index in [4.69, 9.17) is 4.74 Å². The lowest BCUT2D eigenvalue weighted by molar-refractivity contribution is 0.275. The van der Waals surface area contributed by atoms with Crippen molar-refractivity contribution >= 4 is 0 Å². The van der Waals surface area contributed by atoms with Crippen LogP contribution in [-0.4, -0.2) is 16.3 Å². The molecular formula is C15H21N3O. The van der Waals surface area contributed by atoms with Crippen molar-refractivity contribution in [2.75, 3.05) is 6.54 Å². The van der Waals surface area contributed by atoms with Crippen molar-refractivity contribution in [3.05, 3.63) is 47.2 Å². The SMILES string of the molecule is CCNCc1c(C)nn(C)c1OCc1ccccc1. The summed E-state index contributed by atoms with van der Waals surface area (Å²) in [6, 6.07) is 10.2. The van der Waals surface area contributed by atoms with Gasteiger partial charge in [0.1, 0.15) is 6.61 Å². The summed E-state index contributed by atoms with van der Waals surface area (Å²) in [5.41, 5.74) is 3.32. The molecule has 0 aliphatic heterocycles. The molecule has 2 rings (SSSR count). The second-order valence-corrected chi connectivity index (χ2v) is 4.55. The van der Waals surface area contributed by atoms with Crippen LogP contribution in [0.1, 0.15) is 23.7 Å². The topological polar surface area (TPSA) is 39.1 Å². The highest BCUT2D eigenvalue weighted by atomic mass is 16.5. The molecule has 1 aromatic carbocycles. The lowest BCUT2D eigenvalue weighted by Crippen LogP contribution is -2.13. The first-order valence-electron chi connectivity index (χ1n) is 6.62. The Morgan fingerprint density at radius 2 is 2.00 bits per heavy atom. The van der Waals surface area contributed by atoms with E-state index in [1.807, 2.05) is 36.9 Å². The molecule has 0 aliphatic rings.